The van der Waals surface area contributed by atoms with E-state index in [-0.39, 0.29) is 6.79 Å². The Morgan fingerprint density at radius 1 is 0.828 bits per heavy atom. The fourth-order valence-electron chi connectivity index (χ4n) is 2.79. The monoisotopic (exact) mass is 404 g/mol. The number of hydrogen-bond donors (Lipinski definition) is 1. The first-order valence-electron chi connectivity index (χ1n) is 10.2. The molecular weight excluding hydrogens is 372 g/mol. The summed E-state index contributed by atoms with van der Waals surface area (Å²) in [6.45, 7) is 5.38. The van der Waals surface area contributed by atoms with Gasteiger partial charge in [0, 0.05) is 18.8 Å². The molecule has 6 heteroatoms. The van der Waals surface area contributed by atoms with Crippen molar-refractivity contribution in [1.82, 2.24) is 0 Å². The normalized spacial score (nSPS) is 12.1. The van der Waals surface area contributed by atoms with Crippen LogP contribution in [-0.2, 0) is 32.1 Å². The van der Waals surface area contributed by atoms with Crippen molar-refractivity contribution in [3.8, 4) is 5.75 Å². The van der Waals surface area contributed by atoms with Crippen LogP contribution in [0, 0.1) is 0 Å². The Kier molecular flexibility index (Phi) is 11.3. The SMILES string of the molecule is CCCOCOOc1ccc(CCCc2ccc(C(OO)OCCC)cc2)cc1. The third-order valence-electron chi connectivity index (χ3n) is 4.31. The van der Waals surface area contributed by atoms with Crippen LogP contribution in [0.25, 0.3) is 0 Å². The van der Waals surface area contributed by atoms with Gasteiger partial charge in [-0.15, -0.1) is 0 Å². The summed E-state index contributed by atoms with van der Waals surface area (Å²) in [5.74, 6) is 0.662. The summed E-state index contributed by atoms with van der Waals surface area (Å²) in [4.78, 5) is 14.6. The van der Waals surface area contributed by atoms with Crippen LogP contribution in [0.2, 0.25) is 0 Å². The smallest absolute Gasteiger partial charge is 0.217 e. The fraction of sp³-hybridized carbons (Fsp3) is 0.478. The van der Waals surface area contributed by atoms with E-state index in [0.29, 0.717) is 19.0 Å². The molecule has 160 valence electrons. The van der Waals surface area contributed by atoms with Gasteiger partial charge in [-0.1, -0.05) is 50.2 Å². The van der Waals surface area contributed by atoms with Crippen LogP contribution in [0.3, 0.4) is 0 Å². The molecule has 6 nitrogen and oxygen atoms in total. The van der Waals surface area contributed by atoms with Gasteiger partial charge in [0.1, 0.15) is 0 Å². The highest BCUT2D eigenvalue weighted by molar-refractivity contribution is 5.27. The zero-order chi connectivity index (χ0) is 20.7. The summed E-state index contributed by atoms with van der Waals surface area (Å²) in [5.41, 5.74) is 3.29. The Balaban J connectivity index is 1.71. The van der Waals surface area contributed by atoms with E-state index >= 15 is 0 Å². The van der Waals surface area contributed by atoms with Crippen molar-refractivity contribution in [2.75, 3.05) is 20.0 Å². The zero-order valence-corrected chi connectivity index (χ0v) is 17.3. The van der Waals surface area contributed by atoms with E-state index < -0.39 is 6.29 Å². The molecule has 0 aromatic heterocycles. The van der Waals surface area contributed by atoms with Crippen LogP contribution in [-0.4, -0.2) is 25.3 Å². The Labute approximate surface area is 173 Å². The lowest BCUT2D eigenvalue weighted by Crippen LogP contribution is -2.07. The maximum Gasteiger partial charge on any atom is 0.217 e. The maximum atomic E-state index is 9.00. The van der Waals surface area contributed by atoms with Crippen molar-refractivity contribution >= 4 is 0 Å². The van der Waals surface area contributed by atoms with Gasteiger partial charge in [-0.2, -0.15) is 4.89 Å². The topological polar surface area (TPSA) is 66.4 Å². The third kappa shape index (κ3) is 8.94. The van der Waals surface area contributed by atoms with E-state index in [4.69, 9.17) is 24.5 Å². The quantitative estimate of drug-likeness (QED) is 0.184. The molecule has 0 bridgehead atoms. The van der Waals surface area contributed by atoms with Crippen molar-refractivity contribution in [3.63, 3.8) is 0 Å². The predicted octanol–water partition coefficient (Wildman–Crippen LogP) is 5.47. The van der Waals surface area contributed by atoms with Crippen LogP contribution < -0.4 is 4.89 Å². The van der Waals surface area contributed by atoms with E-state index in [9.17, 15) is 0 Å². The highest BCUT2D eigenvalue weighted by Crippen LogP contribution is 2.20. The highest BCUT2D eigenvalue weighted by atomic mass is 17.2. The number of ether oxygens (including phenoxy) is 2. The summed E-state index contributed by atoms with van der Waals surface area (Å²) in [5, 5.41) is 9.00. The second-order valence-electron chi connectivity index (χ2n) is 6.77. The van der Waals surface area contributed by atoms with Crippen LogP contribution in [0.4, 0.5) is 0 Å². The Morgan fingerprint density at radius 3 is 2.03 bits per heavy atom. The lowest BCUT2D eigenvalue weighted by Gasteiger charge is -2.14. The minimum atomic E-state index is -0.730. The molecule has 0 aliphatic carbocycles. The molecule has 0 fully saturated rings. The maximum absolute atomic E-state index is 9.00. The number of hydrogen-bond acceptors (Lipinski definition) is 6. The fourth-order valence-corrected chi connectivity index (χ4v) is 2.79. The third-order valence-corrected chi connectivity index (χ3v) is 4.31. The molecule has 0 radical (unpaired) electrons. The van der Waals surface area contributed by atoms with E-state index in [1.54, 1.807) is 0 Å². The van der Waals surface area contributed by atoms with Crippen molar-refractivity contribution < 1.29 is 29.4 Å². The van der Waals surface area contributed by atoms with Gasteiger partial charge in [0.25, 0.3) is 0 Å². The molecule has 0 saturated heterocycles. The second-order valence-corrected chi connectivity index (χ2v) is 6.77. The van der Waals surface area contributed by atoms with Crippen LogP contribution in [0.15, 0.2) is 48.5 Å². The minimum Gasteiger partial charge on any atom is -0.351 e. The first kappa shape index (κ1) is 23.3. The van der Waals surface area contributed by atoms with E-state index in [1.807, 2.05) is 62.4 Å². The van der Waals surface area contributed by atoms with E-state index in [0.717, 1.165) is 37.7 Å². The van der Waals surface area contributed by atoms with Gasteiger partial charge in [0.2, 0.25) is 6.29 Å². The Bertz CT molecular complexity index is 656. The predicted molar refractivity (Wildman–Crippen MR) is 110 cm³/mol. The number of benzene rings is 2. The molecule has 0 aliphatic rings. The first-order chi connectivity index (χ1) is 14.3. The molecule has 0 saturated carbocycles. The van der Waals surface area contributed by atoms with Crippen LogP contribution >= 0.6 is 0 Å². The standard InChI is InChI=1S/C23H32O6/c1-3-16-25-18-27-29-22-14-10-20(11-15-22)7-5-6-19-8-12-21(13-9-19)23(28-24)26-17-4-2/h8-15,23-24H,3-7,16-18H2,1-2H3. The Hall–Kier alpha value is -1.96. The minimum absolute atomic E-state index is 0.129. The van der Waals surface area contributed by atoms with Gasteiger partial charge < -0.3 is 14.4 Å². The number of aryl methyl sites for hydroxylation is 2. The summed E-state index contributed by atoms with van der Waals surface area (Å²) in [6.07, 6.45) is 4.07. The van der Waals surface area contributed by atoms with E-state index in [1.165, 1.54) is 11.1 Å². The van der Waals surface area contributed by atoms with E-state index in [2.05, 4.69) is 4.89 Å². The van der Waals surface area contributed by atoms with Crippen molar-refractivity contribution in [3.05, 3.63) is 65.2 Å². The lowest BCUT2D eigenvalue weighted by molar-refractivity contribution is -0.351. The molecular formula is C23H32O6. The second kappa shape index (κ2) is 14.1. The molecule has 1 unspecified atom stereocenters. The van der Waals surface area contributed by atoms with Gasteiger partial charge in [-0.05, 0) is 55.4 Å². The van der Waals surface area contributed by atoms with Gasteiger partial charge in [0.05, 0.1) is 0 Å². The average molecular weight is 405 g/mol. The van der Waals surface area contributed by atoms with Gasteiger partial charge in [-0.25, -0.2) is 10.1 Å². The Morgan fingerprint density at radius 2 is 1.45 bits per heavy atom. The molecule has 0 aliphatic heterocycles. The van der Waals surface area contributed by atoms with Gasteiger partial charge >= 0.3 is 0 Å². The number of rotatable bonds is 15. The van der Waals surface area contributed by atoms with Gasteiger partial charge in [0.15, 0.2) is 12.5 Å². The zero-order valence-electron chi connectivity index (χ0n) is 17.3. The van der Waals surface area contributed by atoms with Crippen molar-refractivity contribution in [2.24, 2.45) is 0 Å². The summed E-state index contributed by atoms with van der Waals surface area (Å²) < 4.78 is 10.7. The first-order valence-corrected chi connectivity index (χ1v) is 10.2. The van der Waals surface area contributed by atoms with Crippen LogP contribution in [0.5, 0.6) is 5.75 Å². The largest absolute Gasteiger partial charge is 0.351 e. The highest BCUT2D eigenvalue weighted by Gasteiger charge is 2.11. The molecule has 0 amide bonds. The lowest BCUT2D eigenvalue weighted by atomic mass is 10.0. The summed E-state index contributed by atoms with van der Waals surface area (Å²) >= 11 is 0. The van der Waals surface area contributed by atoms with Gasteiger partial charge in [-0.3, -0.25) is 0 Å². The molecule has 2 rings (SSSR count). The molecule has 2 aromatic rings. The summed E-state index contributed by atoms with van der Waals surface area (Å²) in [6, 6.07) is 15.8. The average Bonchev–Trinajstić information content (AvgIpc) is 2.76. The molecule has 1 atom stereocenters. The molecule has 29 heavy (non-hydrogen) atoms. The molecule has 0 spiro atoms. The van der Waals surface area contributed by atoms with Crippen molar-refractivity contribution in [2.45, 2.75) is 52.2 Å². The van der Waals surface area contributed by atoms with Crippen LogP contribution in [0.1, 0.15) is 56.1 Å². The molecule has 0 heterocycles. The summed E-state index contributed by atoms with van der Waals surface area (Å²) in [7, 11) is 0. The molecule has 2 aromatic carbocycles. The molecule has 1 N–H and O–H groups in total. The van der Waals surface area contributed by atoms with Crippen molar-refractivity contribution in [1.29, 1.82) is 0 Å².